The summed E-state index contributed by atoms with van der Waals surface area (Å²) in [6.45, 7) is 4.06. The van der Waals surface area contributed by atoms with Gasteiger partial charge in [0, 0.05) is 11.5 Å². The van der Waals surface area contributed by atoms with Gasteiger partial charge in [0.1, 0.15) is 6.29 Å². The Bertz CT molecular complexity index is 118. The summed E-state index contributed by atoms with van der Waals surface area (Å²) < 4.78 is 0. The van der Waals surface area contributed by atoms with Crippen LogP contribution in [-0.4, -0.2) is 6.29 Å². The second-order valence-corrected chi connectivity index (χ2v) is 2.89. The van der Waals surface area contributed by atoms with E-state index in [4.69, 9.17) is 11.6 Å². The third kappa shape index (κ3) is 3.67. The Balaban J connectivity index is 3.71. The number of rotatable bonds is 4. The van der Waals surface area contributed by atoms with Gasteiger partial charge in [-0.25, -0.2) is 0 Å². The van der Waals surface area contributed by atoms with Gasteiger partial charge in [0.25, 0.3) is 0 Å². The van der Waals surface area contributed by atoms with Gasteiger partial charge in [0.2, 0.25) is 0 Å². The molecule has 0 rings (SSSR count). The monoisotopic (exact) mass is 160 g/mol. The fourth-order valence-electron chi connectivity index (χ4n) is 0.693. The first kappa shape index (κ1) is 9.70. The van der Waals surface area contributed by atoms with Crippen molar-refractivity contribution in [1.29, 1.82) is 0 Å². The van der Waals surface area contributed by atoms with Crippen LogP contribution in [0.2, 0.25) is 0 Å². The average Bonchev–Trinajstić information content (AvgIpc) is 1.89. The second-order valence-electron chi connectivity index (χ2n) is 2.64. The van der Waals surface area contributed by atoms with E-state index in [1.807, 2.05) is 13.8 Å². The third-order valence-corrected chi connectivity index (χ3v) is 1.71. The number of aldehydes is 1. The number of halogens is 1. The van der Waals surface area contributed by atoms with Crippen molar-refractivity contribution < 1.29 is 4.79 Å². The normalized spacial score (nSPS) is 14.4. The Labute approximate surface area is 67.1 Å². The maximum absolute atomic E-state index is 10.4. The SMILES string of the molecule is CC(C)C(C=O)C/C=C/Cl. The highest BCUT2D eigenvalue weighted by Crippen LogP contribution is 2.12. The van der Waals surface area contributed by atoms with Gasteiger partial charge in [0.05, 0.1) is 0 Å². The summed E-state index contributed by atoms with van der Waals surface area (Å²) in [4.78, 5) is 10.4. The van der Waals surface area contributed by atoms with E-state index in [9.17, 15) is 4.79 Å². The first-order valence-electron chi connectivity index (χ1n) is 3.43. The van der Waals surface area contributed by atoms with Gasteiger partial charge in [0.15, 0.2) is 0 Å². The maximum atomic E-state index is 10.4. The highest BCUT2D eigenvalue weighted by molar-refractivity contribution is 6.25. The number of hydrogen-bond donors (Lipinski definition) is 0. The highest BCUT2D eigenvalue weighted by Gasteiger charge is 2.08. The molecule has 0 saturated carbocycles. The highest BCUT2D eigenvalue weighted by atomic mass is 35.5. The van der Waals surface area contributed by atoms with Gasteiger partial charge in [-0.1, -0.05) is 31.5 Å². The minimum atomic E-state index is 0.120. The molecule has 0 aliphatic carbocycles. The van der Waals surface area contributed by atoms with Crippen LogP contribution in [0.15, 0.2) is 11.6 Å². The van der Waals surface area contributed by atoms with Crippen molar-refractivity contribution >= 4 is 17.9 Å². The second kappa shape index (κ2) is 5.48. The molecule has 1 atom stereocenters. The summed E-state index contributed by atoms with van der Waals surface area (Å²) in [5, 5.41) is 0. The summed E-state index contributed by atoms with van der Waals surface area (Å²) in [5.74, 6) is 0.528. The molecule has 0 amide bonds. The topological polar surface area (TPSA) is 17.1 Å². The summed E-state index contributed by atoms with van der Waals surface area (Å²) in [5.41, 5.74) is 1.46. The largest absolute Gasteiger partial charge is 0.303 e. The van der Waals surface area contributed by atoms with Crippen LogP contribution in [-0.2, 0) is 4.79 Å². The smallest absolute Gasteiger partial charge is 0.123 e. The Morgan fingerprint density at radius 1 is 1.50 bits per heavy atom. The van der Waals surface area contributed by atoms with Crippen LogP contribution in [0.3, 0.4) is 0 Å². The van der Waals surface area contributed by atoms with Crippen molar-refractivity contribution in [3.05, 3.63) is 11.6 Å². The molecule has 2 heteroatoms. The molecule has 1 nitrogen and oxygen atoms in total. The summed E-state index contributed by atoms with van der Waals surface area (Å²) in [6.07, 6.45) is 3.55. The Kier molecular flexibility index (Phi) is 5.32. The molecule has 0 bridgehead atoms. The molecule has 0 saturated heterocycles. The Morgan fingerprint density at radius 2 is 2.10 bits per heavy atom. The van der Waals surface area contributed by atoms with Crippen molar-refractivity contribution in [2.24, 2.45) is 11.8 Å². The van der Waals surface area contributed by atoms with Crippen LogP contribution in [0.4, 0.5) is 0 Å². The first-order valence-corrected chi connectivity index (χ1v) is 3.86. The van der Waals surface area contributed by atoms with Gasteiger partial charge < -0.3 is 4.79 Å². The van der Waals surface area contributed by atoms with Gasteiger partial charge in [-0.15, -0.1) is 0 Å². The van der Waals surface area contributed by atoms with E-state index in [1.54, 1.807) is 6.08 Å². The number of carbonyl (C=O) groups is 1. The molecule has 1 unspecified atom stereocenters. The zero-order valence-electron chi connectivity index (χ0n) is 6.38. The molecule has 58 valence electrons. The lowest BCUT2D eigenvalue weighted by Gasteiger charge is -2.10. The quantitative estimate of drug-likeness (QED) is 0.578. The molecule has 0 N–H and O–H groups in total. The van der Waals surface area contributed by atoms with Crippen LogP contribution in [0.25, 0.3) is 0 Å². The van der Waals surface area contributed by atoms with Crippen molar-refractivity contribution in [3.63, 3.8) is 0 Å². The van der Waals surface area contributed by atoms with E-state index in [-0.39, 0.29) is 5.92 Å². The van der Waals surface area contributed by atoms with E-state index >= 15 is 0 Å². The van der Waals surface area contributed by atoms with Crippen LogP contribution in [0.5, 0.6) is 0 Å². The molecule has 0 aliphatic heterocycles. The molecule has 10 heavy (non-hydrogen) atoms. The van der Waals surface area contributed by atoms with Crippen molar-refractivity contribution in [3.8, 4) is 0 Å². The van der Waals surface area contributed by atoms with Crippen LogP contribution >= 0.6 is 11.6 Å². The van der Waals surface area contributed by atoms with Crippen LogP contribution in [0, 0.1) is 11.8 Å². The first-order chi connectivity index (χ1) is 4.72. The fraction of sp³-hybridized carbons (Fsp3) is 0.625. The molecule has 0 heterocycles. The predicted molar refractivity (Wildman–Crippen MR) is 44.0 cm³/mol. The fourth-order valence-corrected chi connectivity index (χ4v) is 0.796. The third-order valence-electron chi connectivity index (χ3n) is 1.53. The zero-order valence-corrected chi connectivity index (χ0v) is 7.14. The molecule has 0 aromatic carbocycles. The van der Waals surface area contributed by atoms with Gasteiger partial charge >= 0.3 is 0 Å². The average molecular weight is 161 g/mol. The standard InChI is InChI=1S/C8H13ClO/c1-7(2)8(6-10)4-3-5-9/h3,5-8H,4H2,1-2H3/b5-3+. The minimum Gasteiger partial charge on any atom is -0.303 e. The van der Waals surface area contributed by atoms with Crippen molar-refractivity contribution in [2.45, 2.75) is 20.3 Å². The van der Waals surface area contributed by atoms with E-state index in [0.29, 0.717) is 5.92 Å². The van der Waals surface area contributed by atoms with Crippen molar-refractivity contribution in [1.82, 2.24) is 0 Å². The zero-order chi connectivity index (χ0) is 7.98. The number of hydrogen-bond acceptors (Lipinski definition) is 1. The lowest BCUT2D eigenvalue weighted by atomic mass is 9.94. The molecular weight excluding hydrogens is 148 g/mol. The molecular formula is C8H13ClO. The van der Waals surface area contributed by atoms with Crippen molar-refractivity contribution in [2.75, 3.05) is 0 Å². The molecule has 0 radical (unpaired) electrons. The maximum Gasteiger partial charge on any atom is 0.123 e. The van der Waals surface area contributed by atoms with E-state index in [2.05, 4.69) is 0 Å². The van der Waals surface area contributed by atoms with E-state index in [1.165, 1.54) is 5.54 Å². The lowest BCUT2D eigenvalue weighted by Crippen LogP contribution is -2.08. The van der Waals surface area contributed by atoms with Gasteiger partial charge in [-0.2, -0.15) is 0 Å². The summed E-state index contributed by atoms with van der Waals surface area (Å²) >= 11 is 5.31. The van der Waals surface area contributed by atoms with E-state index in [0.717, 1.165) is 12.7 Å². The van der Waals surface area contributed by atoms with Gasteiger partial charge in [-0.3, -0.25) is 0 Å². The number of allylic oxidation sites excluding steroid dienone is 1. The molecule has 0 aromatic heterocycles. The summed E-state index contributed by atoms with van der Waals surface area (Å²) in [7, 11) is 0. The van der Waals surface area contributed by atoms with Gasteiger partial charge in [-0.05, 0) is 12.3 Å². The molecule has 0 aromatic rings. The molecule has 0 aliphatic rings. The summed E-state index contributed by atoms with van der Waals surface area (Å²) in [6, 6.07) is 0. The van der Waals surface area contributed by atoms with Crippen LogP contribution < -0.4 is 0 Å². The molecule has 0 fully saturated rings. The molecule has 0 spiro atoms. The Morgan fingerprint density at radius 3 is 2.40 bits per heavy atom. The van der Waals surface area contributed by atoms with E-state index < -0.39 is 0 Å². The lowest BCUT2D eigenvalue weighted by molar-refractivity contribution is -0.112. The number of carbonyl (C=O) groups excluding carboxylic acids is 1. The predicted octanol–water partition coefficient (Wildman–Crippen LogP) is 2.60. The minimum absolute atomic E-state index is 0.120. The van der Waals surface area contributed by atoms with Crippen LogP contribution in [0.1, 0.15) is 20.3 Å². The Hall–Kier alpha value is -0.300.